The molecule has 1 aliphatic rings. The first-order valence-electron chi connectivity index (χ1n) is 6.58. The summed E-state index contributed by atoms with van der Waals surface area (Å²) in [4.78, 5) is 18.0. The second-order valence-corrected chi connectivity index (χ2v) is 6.25. The molecule has 1 unspecified atom stereocenters. The summed E-state index contributed by atoms with van der Waals surface area (Å²) < 4.78 is 0. The molecular weight excluding hydrogens is 244 g/mol. The lowest BCUT2D eigenvalue weighted by Crippen LogP contribution is -2.50. The van der Waals surface area contributed by atoms with E-state index < -0.39 is 0 Å². The fraction of sp³-hybridized carbons (Fsp3) is 0.643. The number of carbonyl (C=O) groups is 1. The summed E-state index contributed by atoms with van der Waals surface area (Å²) in [6.07, 6.45) is 2.30. The second kappa shape index (κ2) is 6.45. The van der Waals surface area contributed by atoms with Gasteiger partial charge in [0.15, 0.2) is 0 Å². The fourth-order valence-corrected chi connectivity index (χ4v) is 3.11. The van der Waals surface area contributed by atoms with Crippen molar-refractivity contribution in [3.05, 3.63) is 22.4 Å². The van der Waals surface area contributed by atoms with Crippen LogP contribution in [0.4, 0.5) is 0 Å². The maximum Gasteiger partial charge on any atom is 0.134 e. The van der Waals surface area contributed by atoms with E-state index in [1.54, 1.807) is 11.3 Å². The van der Waals surface area contributed by atoms with Gasteiger partial charge in [-0.25, -0.2) is 0 Å². The van der Waals surface area contributed by atoms with E-state index in [0.717, 1.165) is 26.1 Å². The monoisotopic (exact) mass is 266 g/mol. The van der Waals surface area contributed by atoms with Gasteiger partial charge in [-0.1, -0.05) is 6.07 Å². The predicted octanol–water partition coefficient (Wildman–Crippen LogP) is 1.89. The van der Waals surface area contributed by atoms with Gasteiger partial charge in [-0.2, -0.15) is 0 Å². The van der Waals surface area contributed by atoms with E-state index in [4.69, 9.17) is 0 Å². The Morgan fingerprint density at radius 1 is 1.44 bits per heavy atom. The Bertz CT molecular complexity index is 377. The van der Waals surface area contributed by atoms with Gasteiger partial charge in [-0.3, -0.25) is 4.79 Å². The number of thiophene rings is 1. The molecule has 3 nitrogen and oxygen atoms in total. The molecule has 0 spiro atoms. The number of hydrogen-bond donors (Lipinski definition) is 0. The van der Waals surface area contributed by atoms with Crippen molar-refractivity contribution in [1.82, 2.24) is 9.80 Å². The lowest BCUT2D eigenvalue weighted by molar-refractivity contribution is -0.120. The highest BCUT2D eigenvalue weighted by Crippen LogP contribution is 2.14. The van der Waals surface area contributed by atoms with Gasteiger partial charge in [0.05, 0.1) is 0 Å². The molecule has 0 aliphatic carbocycles. The van der Waals surface area contributed by atoms with Gasteiger partial charge in [-0.05, 0) is 32.0 Å². The molecule has 0 saturated carbocycles. The summed E-state index contributed by atoms with van der Waals surface area (Å²) in [7, 11) is 4.26. The molecule has 0 N–H and O–H groups in total. The quantitative estimate of drug-likeness (QED) is 0.813. The van der Waals surface area contributed by atoms with Gasteiger partial charge < -0.3 is 9.80 Å². The van der Waals surface area contributed by atoms with E-state index in [-0.39, 0.29) is 0 Å². The number of Topliss-reactive ketones (excluding diaryl/α,β-unsaturated/α-hetero) is 1. The van der Waals surface area contributed by atoms with Crippen molar-refractivity contribution in [3.63, 3.8) is 0 Å². The topological polar surface area (TPSA) is 23.6 Å². The first kappa shape index (κ1) is 13.7. The minimum atomic E-state index is 0.399. The molecule has 1 aromatic rings. The van der Waals surface area contributed by atoms with Crippen molar-refractivity contribution in [1.29, 1.82) is 0 Å². The zero-order chi connectivity index (χ0) is 13.0. The lowest BCUT2D eigenvalue weighted by atomic mass is 10.0. The Kier molecular flexibility index (Phi) is 4.92. The molecule has 1 aromatic heterocycles. The minimum Gasteiger partial charge on any atom is -0.304 e. The summed E-state index contributed by atoms with van der Waals surface area (Å²) in [6, 6.07) is 4.56. The van der Waals surface area contributed by atoms with Gasteiger partial charge in [0.1, 0.15) is 5.78 Å². The van der Waals surface area contributed by atoms with E-state index in [2.05, 4.69) is 35.3 Å². The molecular formula is C14H22N2OS. The summed E-state index contributed by atoms with van der Waals surface area (Å²) in [5.41, 5.74) is 0. The van der Waals surface area contributed by atoms with Crippen LogP contribution in [0.2, 0.25) is 0 Å². The van der Waals surface area contributed by atoms with Crippen molar-refractivity contribution in [3.8, 4) is 0 Å². The molecule has 1 fully saturated rings. The third-order valence-corrected chi connectivity index (χ3v) is 4.61. The zero-order valence-electron chi connectivity index (χ0n) is 11.3. The lowest BCUT2D eigenvalue weighted by Gasteiger charge is -2.37. The van der Waals surface area contributed by atoms with Gasteiger partial charge in [0, 0.05) is 43.4 Å². The molecule has 2 rings (SSSR count). The maximum atomic E-state index is 12.0. The Labute approximate surface area is 113 Å². The number of carbonyl (C=O) groups excluding carboxylic acids is 1. The summed E-state index contributed by atoms with van der Waals surface area (Å²) >= 11 is 1.74. The second-order valence-electron chi connectivity index (χ2n) is 5.22. The largest absolute Gasteiger partial charge is 0.304 e. The number of rotatable bonds is 5. The molecule has 100 valence electrons. The zero-order valence-corrected chi connectivity index (χ0v) is 12.1. The molecule has 0 aromatic carbocycles. The van der Waals surface area contributed by atoms with Crippen LogP contribution in [0.3, 0.4) is 0 Å². The van der Waals surface area contributed by atoms with Crippen LogP contribution in [0.1, 0.15) is 17.7 Å². The van der Waals surface area contributed by atoms with Crippen molar-refractivity contribution in [2.24, 2.45) is 0 Å². The third-order valence-electron chi connectivity index (χ3n) is 3.67. The minimum absolute atomic E-state index is 0.399. The van der Waals surface area contributed by atoms with E-state index in [0.29, 0.717) is 24.7 Å². The average molecular weight is 266 g/mol. The smallest absolute Gasteiger partial charge is 0.134 e. The molecule has 0 amide bonds. The molecule has 1 atom stereocenters. The first-order valence-corrected chi connectivity index (χ1v) is 7.46. The Hall–Kier alpha value is -0.710. The number of hydrogen-bond acceptors (Lipinski definition) is 4. The van der Waals surface area contributed by atoms with Crippen LogP contribution >= 0.6 is 11.3 Å². The van der Waals surface area contributed by atoms with Crippen molar-refractivity contribution >= 4 is 17.1 Å². The maximum absolute atomic E-state index is 12.0. The highest BCUT2D eigenvalue weighted by atomic mass is 32.1. The summed E-state index contributed by atoms with van der Waals surface area (Å²) in [6.45, 7) is 3.19. The van der Waals surface area contributed by atoms with E-state index in [1.165, 1.54) is 4.88 Å². The third kappa shape index (κ3) is 3.90. The van der Waals surface area contributed by atoms with E-state index in [1.807, 2.05) is 6.07 Å². The molecule has 1 aliphatic heterocycles. The number of ketones is 1. The molecule has 0 bridgehead atoms. The van der Waals surface area contributed by atoms with Crippen LogP contribution in [-0.4, -0.2) is 55.4 Å². The van der Waals surface area contributed by atoms with Crippen molar-refractivity contribution in [2.75, 3.05) is 33.7 Å². The van der Waals surface area contributed by atoms with Crippen LogP contribution in [0.5, 0.6) is 0 Å². The SMILES string of the molecule is CN1CCN(C)C(CC(=O)CCc2cccs2)C1. The number of piperazine rings is 1. The first-order chi connectivity index (χ1) is 8.65. The molecule has 4 heteroatoms. The van der Waals surface area contributed by atoms with E-state index >= 15 is 0 Å². The van der Waals surface area contributed by atoms with Gasteiger partial charge in [0.2, 0.25) is 0 Å². The Morgan fingerprint density at radius 3 is 3.00 bits per heavy atom. The normalized spacial score (nSPS) is 22.2. The van der Waals surface area contributed by atoms with Crippen LogP contribution in [-0.2, 0) is 11.2 Å². The summed E-state index contributed by atoms with van der Waals surface area (Å²) in [5, 5.41) is 2.07. The predicted molar refractivity (Wildman–Crippen MR) is 76.2 cm³/mol. The molecule has 18 heavy (non-hydrogen) atoms. The standard InChI is InChI=1S/C14H22N2OS/c1-15-7-8-16(2)12(11-15)10-13(17)5-6-14-4-3-9-18-14/h3-4,9,12H,5-8,10-11H2,1-2H3. The van der Waals surface area contributed by atoms with Crippen molar-refractivity contribution < 1.29 is 4.79 Å². The summed E-state index contributed by atoms with van der Waals surface area (Å²) in [5.74, 6) is 0.399. The Balaban J connectivity index is 1.76. The number of nitrogens with zero attached hydrogens (tertiary/aromatic N) is 2. The Morgan fingerprint density at radius 2 is 2.28 bits per heavy atom. The molecule has 2 heterocycles. The van der Waals surface area contributed by atoms with Gasteiger partial charge in [0.25, 0.3) is 0 Å². The van der Waals surface area contributed by atoms with Crippen LogP contribution in [0.15, 0.2) is 17.5 Å². The highest BCUT2D eigenvalue weighted by Gasteiger charge is 2.24. The highest BCUT2D eigenvalue weighted by molar-refractivity contribution is 7.09. The average Bonchev–Trinajstić information content (AvgIpc) is 2.84. The van der Waals surface area contributed by atoms with E-state index in [9.17, 15) is 4.79 Å². The molecule has 1 saturated heterocycles. The van der Waals surface area contributed by atoms with Gasteiger partial charge in [-0.15, -0.1) is 11.3 Å². The number of aryl methyl sites for hydroxylation is 1. The van der Waals surface area contributed by atoms with Crippen LogP contribution in [0, 0.1) is 0 Å². The molecule has 0 radical (unpaired) electrons. The van der Waals surface area contributed by atoms with Crippen LogP contribution < -0.4 is 0 Å². The van der Waals surface area contributed by atoms with Crippen molar-refractivity contribution in [2.45, 2.75) is 25.3 Å². The fourth-order valence-electron chi connectivity index (χ4n) is 2.40. The number of likely N-dealkylation sites (N-methyl/N-ethyl adjacent to an activating group) is 2. The van der Waals surface area contributed by atoms with Gasteiger partial charge >= 0.3 is 0 Å². The van der Waals surface area contributed by atoms with Crippen LogP contribution in [0.25, 0.3) is 0 Å².